The van der Waals surface area contributed by atoms with E-state index in [1.54, 1.807) is 12.1 Å². The smallest absolute Gasteiger partial charge is 0.130 e. The zero-order valence-electron chi connectivity index (χ0n) is 15.8. The molecule has 2 rings (SSSR count). The lowest BCUT2D eigenvalue weighted by Crippen LogP contribution is -2.21. The number of anilines is 1. The number of hydrogen-bond acceptors (Lipinski definition) is 5. The second-order valence-corrected chi connectivity index (χ2v) is 5.82. The van der Waals surface area contributed by atoms with Crippen molar-refractivity contribution in [1.29, 1.82) is 10.5 Å². The van der Waals surface area contributed by atoms with Gasteiger partial charge >= 0.3 is 0 Å². The number of benzene rings is 2. The average Bonchev–Trinajstić information content (AvgIpc) is 2.73. The third kappa shape index (κ3) is 5.28. The molecular weight excluding hydrogens is 352 g/mol. The first-order valence-electron chi connectivity index (χ1n) is 8.82. The first-order chi connectivity index (χ1) is 13.6. The van der Waals surface area contributed by atoms with Crippen LogP contribution < -0.4 is 9.64 Å². The molecule has 0 saturated heterocycles. The van der Waals surface area contributed by atoms with Crippen molar-refractivity contribution < 1.29 is 4.74 Å². The van der Waals surface area contributed by atoms with E-state index in [9.17, 15) is 0 Å². The van der Waals surface area contributed by atoms with Crippen LogP contribution in [0.4, 0.5) is 11.4 Å². The van der Waals surface area contributed by atoms with Crippen molar-refractivity contribution in [2.45, 2.75) is 20.5 Å². The Morgan fingerprint density at radius 2 is 1.82 bits per heavy atom. The highest BCUT2D eigenvalue weighted by molar-refractivity contribution is 5.69. The van der Waals surface area contributed by atoms with Crippen LogP contribution in [0.15, 0.2) is 53.2 Å². The molecule has 0 heterocycles. The van der Waals surface area contributed by atoms with Crippen LogP contribution in [-0.2, 0) is 6.61 Å². The third-order valence-corrected chi connectivity index (χ3v) is 4.16. The molecule has 0 saturated carbocycles. The van der Waals surface area contributed by atoms with Gasteiger partial charge in [-0.05, 0) is 43.2 Å². The monoisotopic (exact) mass is 372 g/mol. The first kappa shape index (κ1) is 20.4. The zero-order chi connectivity index (χ0) is 20.4. The number of allylic oxidation sites excluding steroid dienone is 1. The van der Waals surface area contributed by atoms with Gasteiger partial charge in [0.05, 0.1) is 0 Å². The normalized spacial score (nSPS) is 9.43. The van der Waals surface area contributed by atoms with Crippen LogP contribution in [-0.4, -0.2) is 13.1 Å². The Morgan fingerprint density at radius 1 is 1.14 bits per heavy atom. The van der Waals surface area contributed by atoms with Gasteiger partial charge in [-0.2, -0.15) is 10.5 Å². The quantitative estimate of drug-likeness (QED) is 0.264. The Bertz CT molecular complexity index is 955. The van der Waals surface area contributed by atoms with Gasteiger partial charge in [0, 0.05) is 41.0 Å². The van der Waals surface area contributed by atoms with E-state index in [0.29, 0.717) is 23.6 Å². The predicted octanol–water partition coefficient (Wildman–Crippen LogP) is 5.48. The van der Waals surface area contributed by atoms with Gasteiger partial charge in [-0.15, -0.1) is 0 Å². The maximum atomic E-state index is 9.05. The Kier molecular flexibility index (Phi) is 7.48. The van der Waals surface area contributed by atoms with Crippen molar-refractivity contribution in [3.05, 3.63) is 69.6 Å². The van der Waals surface area contributed by atoms with Gasteiger partial charge < -0.3 is 9.64 Å². The topological polar surface area (TPSA) is 109 Å². The summed E-state index contributed by atoms with van der Waals surface area (Å²) in [6, 6.07) is 16.5. The maximum absolute atomic E-state index is 9.05. The lowest BCUT2D eigenvalue weighted by atomic mass is 10.1. The van der Waals surface area contributed by atoms with Crippen LogP contribution in [0.5, 0.6) is 5.75 Å². The van der Waals surface area contributed by atoms with Crippen molar-refractivity contribution >= 4 is 17.5 Å². The van der Waals surface area contributed by atoms with E-state index in [2.05, 4.69) is 28.8 Å². The van der Waals surface area contributed by atoms with E-state index < -0.39 is 0 Å². The van der Waals surface area contributed by atoms with Crippen LogP contribution in [0.2, 0.25) is 0 Å². The molecular formula is C21H20N6O. The standard InChI is InChI=1S/C21H20N6O/c1-3-27(4-2)20-10-7-18(11-17(13-22)14-23)21(12-20)28-15-16-5-8-19(9-6-16)25-26-24/h5-12H,3-4,15H2,1-2H3. The van der Waals surface area contributed by atoms with Gasteiger partial charge in [0.25, 0.3) is 0 Å². The second kappa shape index (κ2) is 10.3. The maximum Gasteiger partial charge on any atom is 0.130 e. The lowest BCUT2D eigenvalue weighted by molar-refractivity contribution is 0.305. The first-order valence-corrected chi connectivity index (χ1v) is 8.82. The highest BCUT2D eigenvalue weighted by atomic mass is 16.5. The zero-order valence-corrected chi connectivity index (χ0v) is 15.8. The molecule has 0 unspecified atom stereocenters. The summed E-state index contributed by atoms with van der Waals surface area (Å²) in [7, 11) is 0. The summed E-state index contributed by atoms with van der Waals surface area (Å²) in [5.41, 5.74) is 11.6. The second-order valence-electron chi connectivity index (χ2n) is 5.82. The number of ether oxygens (including phenoxy) is 1. The van der Waals surface area contributed by atoms with Crippen molar-refractivity contribution in [2.24, 2.45) is 5.11 Å². The lowest BCUT2D eigenvalue weighted by Gasteiger charge is -2.22. The Hall–Kier alpha value is -3.93. The van der Waals surface area contributed by atoms with Crippen LogP contribution >= 0.6 is 0 Å². The van der Waals surface area contributed by atoms with E-state index in [1.165, 1.54) is 6.08 Å². The molecule has 0 spiro atoms. The van der Waals surface area contributed by atoms with Crippen molar-refractivity contribution in [2.75, 3.05) is 18.0 Å². The molecule has 0 amide bonds. The molecule has 0 N–H and O–H groups in total. The summed E-state index contributed by atoms with van der Waals surface area (Å²) in [5.74, 6) is 0.589. The third-order valence-electron chi connectivity index (χ3n) is 4.16. The number of rotatable bonds is 8. The van der Waals surface area contributed by atoms with Crippen molar-refractivity contribution in [1.82, 2.24) is 0 Å². The molecule has 7 heteroatoms. The van der Waals surface area contributed by atoms with E-state index in [1.807, 2.05) is 42.5 Å². The van der Waals surface area contributed by atoms with Crippen LogP contribution in [0, 0.1) is 22.7 Å². The fourth-order valence-electron chi connectivity index (χ4n) is 2.67. The van der Waals surface area contributed by atoms with Gasteiger partial charge in [0.2, 0.25) is 0 Å². The summed E-state index contributed by atoms with van der Waals surface area (Å²) < 4.78 is 6.00. The van der Waals surface area contributed by atoms with Crippen LogP contribution in [0.1, 0.15) is 25.0 Å². The summed E-state index contributed by atoms with van der Waals surface area (Å²) in [5, 5.41) is 21.6. The number of azide groups is 1. The number of nitrogens with zero attached hydrogens (tertiary/aromatic N) is 6. The molecule has 0 fully saturated rings. The molecule has 0 atom stereocenters. The van der Waals surface area contributed by atoms with Gasteiger partial charge in [-0.25, -0.2) is 0 Å². The predicted molar refractivity (Wildman–Crippen MR) is 109 cm³/mol. The fraction of sp³-hybridized carbons (Fsp3) is 0.238. The Balaban J connectivity index is 2.33. The van der Waals surface area contributed by atoms with Crippen LogP contribution in [0.3, 0.4) is 0 Å². The van der Waals surface area contributed by atoms with Gasteiger partial charge in [-0.3, -0.25) is 0 Å². The molecule has 7 nitrogen and oxygen atoms in total. The Morgan fingerprint density at radius 3 is 2.39 bits per heavy atom. The van der Waals surface area contributed by atoms with Crippen molar-refractivity contribution in [3.8, 4) is 17.9 Å². The average molecular weight is 372 g/mol. The van der Waals surface area contributed by atoms with Gasteiger partial charge in [0.1, 0.15) is 30.1 Å². The highest BCUT2D eigenvalue weighted by Gasteiger charge is 2.09. The van der Waals surface area contributed by atoms with Gasteiger partial charge in [0.15, 0.2) is 0 Å². The summed E-state index contributed by atoms with van der Waals surface area (Å²) in [6.45, 7) is 6.16. The summed E-state index contributed by atoms with van der Waals surface area (Å²) in [6.07, 6.45) is 1.52. The SMILES string of the molecule is CCN(CC)c1ccc(C=C(C#N)C#N)c(OCc2ccc(N=[N+]=[N-])cc2)c1. The summed E-state index contributed by atoms with van der Waals surface area (Å²) in [4.78, 5) is 4.94. The van der Waals surface area contributed by atoms with E-state index in [0.717, 1.165) is 24.3 Å². The summed E-state index contributed by atoms with van der Waals surface area (Å²) >= 11 is 0. The largest absolute Gasteiger partial charge is 0.488 e. The minimum Gasteiger partial charge on any atom is -0.488 e. The molecule has 0 aliphatic heterocycles. The van der Waals surface area contributed by atoms with Gasteiger partial charge in [-0.1, -0.05) is 29.4 Å². The molecule has 2 aromatic carbocycles. The molecule has 0 radical (unpaired) electrons. The van der Waals surface area contributed by atoms with Crippen LogP contribution in [0.25, 0.3) is 16.5 Å². The van der Waals surface area contributed by atoms with E-state index in [4.69, 9.17) is 20.8 Å². The fourth-order valence-corrected chi connectivity index (χ4v) is 2.67. The van der Waals surface area contributed by atoms with E-state index >= 15 is 0 Å². The Labute approximate surface area is 164 Å². The molecule has 28 heavy (non-hydrogen) atoms. The molecule has 0 aliphatic carbocycles. The molecule has 0 aromatic heterocycles. The molecule has 0 bridgehead atoms. The number of nitriles is 2. The highest BCUT2D eigenvalue weighted by Crippen LogP contribution is 2.29. The molecule has 140 valence electrons. The molecule has 0 aliphatic rings. The van der Waals surface area contributed by atoms with Crippen molar-refractivity contribution in [3.63, 3.8) is 0 Å². The minimum absolute atomic E-state index is 0.0131. The molecule has 2 aromatic rings. The van der Waals surface area contributed by atoms with E-state index in [-0.39, 0.29) is 5.57 Å². The minimum atomic E-state index is 0.0131. The number of hydrogen-bond donors (Lipinski definition) is 0.